The predicted octanol–water partition coefficient (Wildman–Crippen LogP) is 4.20. The van der Waals surface area contributed by atoms with Crippen LogP contribution in [0.1, 0.15) is 35.2 Å². The number of aryl methyl sites for hydroxylation is 3. The Morgan fingerprint density at radius 2 is 1.29 bits per heavy atom. The largest absolute Gasteiger partial charge is 0.422 e. The molecule has 0 radical (unpaired) electrons. The molecule has 2 rings (SSSR count). The Kier molecular flexibility index (Phi) is 5.76. The third kappa shape index (κ3) is 2.68. The van der Waals surface area contributed by atoms with Crippen LogP contribution >= 0.6 is 0 Å². The van der Waals surface area contributed by atoms with Crippen LogP contribution < -0.4 is 16.7 Å². The molecule has 0 bridgehead atoms. The Bertz CT molecular complexity index is 728. The summed E-state index contributed by atoms with van der Waals surface area (Å²) in [6.45, 7) is 10.1. The van der Waals surface area contributed by atoms with Crippen LogP contribution in [0.5, 0.6) is 0 Å². The van der Waals surface area contributed by atoms with Gasteiger partial charge in [-0.1, -0.05) is 7.43 Å². The van der Waals surface area contributed by atoms with Crippen molar-refractivity contribution < 1.29 is 4.42 Å². The van der Waals surface area contributed by atoms with Gasteiger partial charge in [-0.2, -0.15) is 0 Å². The molecular weight excluding hydrogens is 264 g/mol. The normalized spacial score (nSPS) is 10.0. The van der Waals surface area contributed by atoms with Crippen molar-refractivity contribution in [2.75, 3.05) is 19.0 Å². The van der Waals surface area contributed by atoms with E-state index in [2.05, 4.69) is 18.7 Å². The maximum Gasteiger partial charge on any atom is 0.339 e. The van der Waals surface area contributed by atoms with E-state index in [9.17, 15) is 4.79 Å². The molecule has 0 amide bonds. The molecular formula is C17H28N2O2. The van der Waals surface area contributed by atoms with E-state index in [0.717, 1.165) is 27.8 Å². The Balaban J connectivity index is 0.00000200. The van der Waals surface area contributed by atoms with Crippen molar-refractivity contribution in [2.45, 2.75) is 42.0 Å². The van der Waals surface area contributed by atoms with Crippen LogP contribution in [0.2, 0.25) is 0 Å². The average molecular weight is 292 g/mol. The molecule has 0 saturated carbocycles. The van der Waals surface area contributed by atoms with E-state index in [1.165, 1.54) is 11.1 Å². The molecule has 0 aliphatic carbocycles. The first-order chi connectivity index (χ1) is 8.77. The monoisotopic (exact) mass is 292 g/mol. The minimum atomic E-state index is -0.235. The molecule has 0 spiro atoms. The third-order valence-electron chi connectivity index (χ3n) is 4.10. The molecule has 0 aliphatic rings. The lowest BCUT2D eigenvalue weighted by atomic mass is 9.94. The van der Waals surface area contributed by atoms with Crippen LogP contribution in [0.3, 0.4) is 0 Å². The summed E-state index contributed by atoms with van der Waals surface area (Å²) in [6.07, 6.45) is 0. The highest BCUT2D eigenvalue weighted by Gasteiger charge is 2.18. The Labute approximate surface area is 127 Å². The van der Waals surface area contributed by atoms with Crippen molar-refractivity contribution in [1.29, 1.82) is 0 Å². The van der Waals surface area contributed by atoms with Crippen molar-refractivity contribution >= 4 is 16.7 Å². The molecule has 0 fully saturated rings. The van der Waals surface area contributed by atoms with Gasteiger partial charge in [0.05, 0.1) is 0 Å². The van der Waals surface area contributed by atoms with E-state index < -0.39 is 0 Å². The maximum absolute atomic E-state index is 11.9. The topological polar surface area (TPSA) is 68.5 Å². The zero-order chi connectivity index (χ0) is 14.5. The SMILES string of the molecule is C.Cc1c(N(C)C)c(C)c2oc(=O)c(C)c(C)c2c1C.N. The number of nitrogens with zero attached hydrogens (tertiary/aromatic N) is 1. The van der Waals surface area contributed by atoms with Crippen LogP contribution in [-0.4, -0.2) is 14.1 Å². The first kappa shape index (κ1) is 19.2. The Hall–Kier alpha value is -1.81. The summed E-state index contributed by atoms with van der Waals surface area (Å²) in [6, 6.07) is 0. The van der Waals surface area contributed by atoms with Crippen LogP contribution in [0.15, 0.2) is 9.21 Å². The molecule has 0 unspecified atom stereocenters. The van der Waals surface area contributed by atoms with Gasteiger partial charge in [-0.15, -0.1) is 0 Å². The van der Waals surface area contributed by atoms with Gasteiger partial charge >= 0.3 is 5.63 Å². The zero-order valence-corrected chi connectivity index (χ0v) is 13.5. The fourth-order valence-electron chi connectivity index (χ4n) is 2.87. The molecule has 21 heavy (non-hydrogen) atoms. The molecule has 4 heteroatoms. The van der Waals surface area contributed by atoms with Crippen LogP contribution in [0.4, 0.5) is 5.69 Å². The number of hydrogen-bond donors (Lipinski definition) is 1. The van der Waals surface area contributed by atoms with Crippen molar-refractivity contribution in [2.24, 2.45) is 0 Å². The number of benzene rings is 1. The highest BCUT2D eigenvalue weighted by Crippen LogP contribution is 2.35. The summed E-state index contributed by atoms with van der Waals surface area (Å²) >= 11 is 0. The van der Waals surface area contributed by atoms with Gasteiger partial charge in [-0.05, 0) is 51.3 Å². The van der Waals surface area contributed by atoms with Gasteiger partial charge in [0.25, 0.3) is 0 Å². The highest BCUT2D eigenvalue weighted by molar-refractivity contribution is 5.93. The van der Waals surface area contributed by atoms with Crippen molar-refractivity contribution in [1.82, 2.24) is 6.15 Å². The van der Waals surface area contributed by atoms with E-state index >= 15 is 0 Å². The van der Waals surface area contributed by atoms with Crippen molar-refractivity contribution in [3.63, 3.8) is 0 Å². The van der Waals surface area contributed by atoms with Crippen molar-refractivity contribution in [3.8, 4) is 0 Å². The van der Waals surface area contributed by atoms with E-state index in [1.54, 1.807) is 0 Å². The highest BCUT2D eigenvalue weighted by atomic mass is 16.4. The smallest absolute Gasteiger partial charge is 0.339 e. The van der Waals surface area contributed by atoms with E-state index in [-0.39, 0.29) is 19.2 Å². The molecule has 0 aliphatic heterocycles. The van der Waals surface area contributed by atoms with Gasteiger partial charge in [0.15, 0.2) is 0 Å². The van der Waals surface area contributed by atoms with E-state index in [0.29, 0.717) is 5.56 Å². The molecule has 4 nitrogen and oxygen atoms in total. The number of fused-ring (bicyclic) bond motifs is 1. The van der Waals surface area contributed by atoms with Crippen LogP contribution in [0.25, 0.3) is 11.0 Å². The summed E-state index contributed by atoms with van der Waals surface area (Å²) in [7, 11) is 4.03. The molecule has 1 aromatic carbocycles. The minimum Gasteiger partial charge on any atom is -0.422 e. The van der Waals surface area contributed by atoms with Gasteiger partial charge in [0.2, 0.25) is 0 Å². The fraction of sp³-hybridized carbons (Fsp3) is 0.471. The maximum atomic E-state index is 11.9. The second-order valence-electron chi connectivity index (χ2n) is 5.46. The molecule has 3 N–H and O–H groups in total. The second kappa shape index (κ2) is 6.31. The summed E-state index contributed by atoms with van der Waals surface area (Å²) in [4.78, 5) is 14.0. The van der Waals surface area contributed by atoms with Gasteiger partial charge in [0, 0.05) is 36.3 Å². The summed E-state index contributed by atoms with van der Waals surface area (Å²) < 4.78 is 5.55. The average Bonchev–Trinajstić information content (AvgIpc) is 2.32. The number of rotatable bonds is 1. The summed E-state index contributed by atoms with van der Waals surface area (Å²) in [5.74, 6) is 0. The van der Waals surface area contributed by atoms with Crippen molar-refractivity contribution in [3.05, 3.63) is 38.2 Å². The van der Waals surface area contributed by atoms with E-state index in [1.807, 2.05) is 34.9 Å². The third-order valence-corrected chi connectivity index (χ3v) is 4.10. The molecule has 1 aromatic heterocycles. The lowest BCUT2D eigenvalue weighted by Gasteiger charge is -2.22. The van der Waals surface area contributed by atoms with Crippen LogP contribution in [0, 0.1) is 34.6 Å². The van der Waals surface area contributed by atoms with Gasteiger partial charge in [-0.25, -0.2) is 4.79 Å². The van der Waals surface area contributed by atoms with Gasteiger partial charge in [0.1, 0.15) is 5.58 Å². The summed E-state index contributed by atoms with van der Waals surface area (Å²) in [5.41, 5.74) is 6.81. The number of anilines is 1. The second-order valence-corrected chi connectivity index (χ2v) is 5.46. The predicted molar refractivity (Wildman–Crippen MR) is 92.2 cm³/mol. The standard InChI is InChI=1S/C16H21NO2.CH4.H3N/c1-8-10(3)14(17(6)7)12(5)15-13(8)9(2)11(4)16(18)19-15;;/h1-7H3;1H4;1H3. The molecule has 0 atom stereocenters. The molecule has 1 heterocycles. The van der Waals surface area contributed by atoms with Gasteiger partial charge in [-0.3, -0.25) is 0 Å². The summed E-state index contributed by atoms with van der Waals surface area (Å²) in [5, 5.41) is 1.08. The molecule has 2 aromatic rings. The Morgan fingerprint density at radius 3 is 1.76 bits per heavy atom. The number of hydrogen-bond acceptors (Lipinski definition) is 4. The van der Waals surface area contributed by atoms with E-state index in [4.69, 9.17) is 4.42 Å². The quantitative estimate of drug-likeness (QED) is 0.800. The zero-order valence-electron chi connectivity index (χ0n) is 13.5. The first-order valence-electron chi connectivity index (χ1n) is 6.48. The van der Waals surface area contributed by atoms with Gasteiger partial charge < -0.3 is 15.5 Å². The van der Waals surface area contributed by atoms with Crippen LogP contribution in [-0.2, 0) is 0 Å². The first-order valence-corrected chi connectivity index (χ1v) is 6.48. The fourth-order valence-corrected chi connectivity index (χ4v) is 2.87. The Morgan fingerprint density at radius 1 is 0.810 bits per heavy atom. The lowest BCUT2D eigenvalue weighted by Crippen LogP contribution is -2.15. The minimum absolute atomic E-state index is 0. The lowest BCUT2D eigenvalue weighted by molar-refractivity contribution is 0.551. The molecule has 118 valence electrons. The molecule has 0 saturated heterocycles.